The number of benzene rings is 1. The predicted octanol–water partition coefficient (Wildman–Crippen LogP) is 3.08. The Balaban J connectivity index is 1.62. The summed E-state index contributed by atoms with van der Waals surface area (Å²) in [5.74, 6) is 0.0280. The summed E-state index contributed by atoms with van der Waals surface area (Å²) in [5, 5.41) is 19.9. The summed E-state index contributed by atoms with van der Waals surface area (Å²) >= 11 is 0. The third kappa shape index (κ3) is 3.52. The zero-order valence-corrected chi connectivity index (χ0v) is 13.0. The Labute approximate surface area is 137 Å². The van der Waals surface area contributed by atoms with Gasteiger partial charge in [-0.25, -0.2) is 8.78 Å². The fourth-order valence-corrected chi connectivity index (χ4v) is 2.45. The molecule has 0 saturated carbocycles. The Kier molecular flexibility index (Phi) is 4.73. The van der Waals surface area contributed by atoms with Crippen LogP contribution in [0.15, 0.2) is 40.9 Å². The summed E-state index contributed by atoms with van der Waals surface area (Å²) in [6, 6.07) is 6.82. The topological polar surface area (TPSA) is 74.1 Å². The van der Waals surface area contributed by atoms with Gasteiger partial charge in [-0.15, -0.1) is 0 Å². The van der Waals surface area contributed by atoms with E-state index in [0.29, 0.717) is 12.3 Å². The smallest absolute Gasteiger partial charge is 0.152 e. The number of nitrogens with one attached hydrogen (secondary N) is 2. The van der Waals surface area contributed by atoms with Gasteiger partial charge in [-0.1, -0.05) is 6.07 Å². The van der Waals surface area contributed by atoms with Crippen LogP contribution in [0.2, 0.25) is 0 Å². The summed E-state index contributed by atoms with van der Waals surface area (Å²) in [6.07, 6.45) is 0.581. The molecule has 126 valence electrons. The van der Waals surface area contributed by atoms with Crippen LogP contribution < -0.4 is 5.32 Å². The van der Waals surface area contributed by atoms with Gasteiger partial charge in [0.2, 0.25) is 0 Å². The molecule has 3 rings (SSSR count). The van der Waals surface area contributed by atoms with Crippen LogP contribution >= 0.6 is 0 Å². The fourth-order valence-electron chi connectivity index (χ4n) is 2.45. The molecule has 5 nitrogen and oxygen atoms in total. The molecular formula is C17H17F2N3O2. The predicted molar refractivity (Wildman–Crippen MR) is 84.1 cm³/mol. The zero-order valence-electron chi connectivity index (χ0n) is 13.0. The highest BCUT2D eigenvalue weighted by Gasteiger charge is 2.15. The largest absolute Gasteiger partial charge is 0.460 e. The van der Waals surface area contributed by atoms with Crippen LogP contribution in [0, 0.1) is 18.6 Å². The molecule has 2 heterocycles. The molecule has 0 bridgehead atoms. The number of nitrogens with zero attached hydrogens (tertiary/aromatic N) is 1. The lowest BCUT2D eigenvalue weighted by Gasteiger charge is -2.13. The van der Waals surface area contributed by atoms with Crippen molar-refractivity contribution in [1.29, 1.82) is 0 Å². The Morgan fingerprint density at radius 2 is 2.12 bits per heavy atom. The maximum atomic E-state index is 13.6. The van der Waals surface area contributed by atoms with Crippen molar-refractivity contribution < 1.29 is 18.3 Å². The van der Waals surface area contributed by atoms with E-state index >= 15 is 0 Å². The first-order valence-electron chi connectivity index (χ1n) is 7.47. The number of hydrogen-bond acceptors (Lipinski definition) is 4. The summed E-state index contributed by atoms with van der Waals surface area (Å²) in [6.45, 7) is 2.38. The van der Waals surface area contributed by atoms with Gasteiger partial charge in [-0.2, -0.15) is 5.10 Å². The summed E-state index contributed by atoms with van der Waals surface area (Å²) < 4.78 is 32.1. The maximum absolute atomic E-state index is 13.6. The molecule has 1 aromatic carbocycles. The van der Waals surface area contributed by atoms with Crippen molar-refractivity contribution in [3.8, 4) is 11.5 Å². The van der Waals surface area contributed by atoms with Crippen molar-refractivity contribution in [2.24, 2.45) is 0 Å². The Morgan fingerprint density at radius 1 is 1.29 bits per heavy atom. The highest BCUT2D eigenvalue weighted by Crippen LogP contribution is 2.23. The molecule has 0 saturated heterocycles. The highest BCUT2D eigenvalue weighted by molar-refractivity contribution is 5.56. The molecule has 7 heteroatoms. The Bertz CT molecular complexity index is 829. The first-order chi connectivity index (χ1) is 11.5. The number of rotatable bonds is 6. The lowest BCUT2D eigenvalue weighted by Crippen LogP contribution is -2.21. The number of aryl methyl sites for hydroxylation is 1. The number of hydrogen-bond donors (Lipinski definition) is 3. The van der Waals surface area contributed by atoms with E-state index < -0.39 is 17.7 Å². The highest BCUT2D eigenvalue weighted by atomic mass is 19.1. The molecule has 2 aromatic heterocycles. The number of aromatic nitrogens is 2. The molecule has 3 aromatic rings. The Morgan fingerprint density at radius 3 is 2.83 bits per heavy atom. The van der Waals surface area contributed by atoms with Gasteiger partial charge < -0.3 is 14.8 Å². The molecule has 0 amide bonds. The fraction of sp³-hybridized carbons (Fsp3) is 0.235. The van der Waals surface area contributed by atoms with E-state index in [1.165, 1.54) is 6.07 Å². The quantitative estimate of drug-likeness (QED) is 0.648. The van der Waals surface area contributed by atoms with E-state index in [0.717, 1.165) is 29.2 Å². The number of H-pyrrole nitrogens is 1. The molecule has 0 aliphatic rings. The van der Waals surface area contributed by atoms with E-state index in [2.05, 4.69) is 15.5 Å². The molecular weight excluding hydrogens is 316 g/mol. The second kappa shape index (κ2) is 6.94. The van der Waals surface area contributed by atoms with Crippen LogP contribution in [0.3, 0.4) is 0 Å². The minimum Gasteiger partial charge on any atom is -0.460 e. The summed E-state index contributed by atoms with van der Waals surface area (Å²) in [5.41, 5.74) is 1.66. The minimum atomic E-state index is -1.08. The van der Waals surface area contributed by atoms with Gasteiger partial charge in [0.15, 0.2) is 5.76 Å². The van der Waals surface area contributed by atoms with E-state index in [1.807, 2.05) is 19.1 Å². The number of halogens is 2. The van der Waals surface area contributed by atoms with Gasteiger partial charge in [0.25, 0.3) is 0 Å². The molecule has 24 heavy (non-hydrogen) atoms. The van der Waals surface area contributed by atoms with Crippen molar-refractivity contribution in [2.75, 3.05) is 6.54 Å². The Hall–Kier alpha value is -2.51. The third-order valence-corrected chi connectivity index (χ3v) is 3.68. The molecule has 0 unspecified atom stereocenters. The van der Waals surface area contributed by atoms with Crippen molar-refractivity contribution in [3.63, 3.8) is 0 Å². The summed E-state index contributed by atoms with van der Waals surface area (Å²) in [4.78, 5) is 0. The first-order valence-corrected chi connectivity index (χ1v) is 7.47. The van der Waals surface area contributed by atoms with Crippen molar-refractivity contribution in [2.45, 2.75) is 19.6 Å². The van der Waals surface area contributed by atoms with Gasteiger partial charge in [0.1, 0.15) is 23.1 Å². The number of aliphatic hydroxyl groups excluding tert-OH is 1. The van der Waals surface area contributed by atoms with Crippen molar-refractivity contribution >= 4 is 0 Å². The SMILES string of the molecule is Cc1ccc(-c2[nH]ncc2CNC[C@H](O)c2ccc(F)cc2F)o1. The van der Waals surface area contributed by atoms with Gasteiger partial charge in [-0.05, 0) is 25.1 Å². The molecule has 0 aliphatic carbocycles. The van der Waals surface area contributed by atoms with E-state index in [9.17, 15) is 13.9 Å². The van der Waals surface area contributed by atoms with Crippen molar-refractivity contribution in [1.82, 2.24) is 15.5 Å². The van der Waals surface area contributed by atoms with Crippen LogP contribution in [0.1, 0.15) is 23.0 Å². The average Bonchev–Trinajstić information content (AvgIpc) is 3.15. The van der Waals surface area contributed by atoms with Crippen LogP contribution in [-0.2, 0) is 6.54 Å². The molecule has 0 radical (unpaired) electrons. The third-order valence-electron chi connectivity index (χ3n) is 3.68. The lowest BCUT2D eigenvalue weighted by atomic mass is 10.1. The van der Waals surface area contributed by atoms with Gasteiger partial charge in [0.05, 0.1) is 12.3 Å². The maximum Gasteiger partial charge on any atom is 0.152 e. The number of aliphatic hydroxyl groups is 1. The van der Waals surface area contributed by atoms with Crippen LogP contribution in [0.5, 0.6) is 0 Å². The van der Waals surface area contributed by atoms with Crippen LogP contribution in [0.25, 0.3) is 11.5 Å². The van der Waals surface area contributed by atoms with Crippen LogP contribution in [0.4, 0.5) is 8.78 Å². The number of aromatic amines is 1. The average molecular weight is 333 g/mol. The van der Waals surface area contributed by atoms with Gasteiger partial charge in [0, 0.05) is 30.3 Å². The van der Waals surface area contributed by atoms with E-state index in [-0.39, 0.29) is 12.1 Å². The second-order valence-electron chi connectivity index (χ2n) is 5.49. The first kappa shape index (κ1) is 16.4. The summed E-state index contributed by atoms with van der Waals surface area (Å²) in [7, 11) is 0. The molecule has 0 spiro atoms. The molecule has 0 fully saturated rings. The van der Waals surface area contributed by atoms with Gasteiger partial charge >= 0.3 is 0 Å². The van der Waals surface area contributed by atoms with E-state index in [1.54, 1.807) is 6.20 Å². The monoisotopic (exact) mass is 333 g/mol. The second-order valence-corrected chi connectivity index (χ2v) is 5.49. The molecule has 3 N–H and O–H groups in total. The normalized spacial score (nSPS) is 12.5. The van der Waals surface area contributed by atoms with Crippen molar-refractivity contribution in [3.05, 3.63) is 65.1 Å². The van der Waals surface area contributed by atoms with E-state index in [4.69, 9.17) is 4.42 Å². The van der Waals surface area contributed by atoms with Gasteiger partial charge in [-0.3, -0.25) is 5.10 Å². The van der Waals surface area contributed by atoms with Crippen LogP contribution in [-0.4, -0.2) is 21.8 Å². The molecule has 1 atom stereocenters. The lowest BCUT2D eigenvalue weighted by molar-refractivity contribution is 0.169. The number of furan rings is 1. The molecule has 0 aliphatic heterocycles. The minimum absolute atomic E-state index is 0.0537. The zero-order chi connectivity index (χ0) is 17.1. The standard InChI is InChI=1S/C17H17F2N3O2/c1-10-2-5-16(24-10)17-11(8-21-22-17)7-20-9-15(23)13-4-3-12(18)6-14(13)19/h2-6,8,15,20,23H,7,9H2,1H3,(H,21,22)/t15-/m0/s1.